The van der Waals surface area contributed by atoms with Crippen molar-refractivity contribution in [2.45, 2.75) is 25.4 Å². The molecule has 12 heteroatoms. The van der Waals surface area contributed by atoms with Gasteiger partial charge in [-0.1, -0.05) is 0 Å². The zero-order chi connectivity index (χ0) is 22.2. The van der Waals surface area contributed by atoms with E-state index >= 15 is 0 Å². The lowest BCUT2D eigenvalue weighted by molar-refractivity contribution is -0.132. The van der Waals surface area contributed by atoms with E-state index in [1.165, 1.54) is 16.9 Å². The van der Waals surface area contributed by atoms with E-state index in [1.807, 2.05) is 0 Å². The lowest BCUT2D eigenvalue weighted by Gasteiger charge is -2.32. The van der Waals surface area contributed by atoms with Crippen LogP contribution in [0.4, 0.5) is 10.2 Å². The number of carboxylic acids is 1. The Morgan fingerprint density at radius 1 is 1.22 bits per heavy atom. The maximum Gasteiger partial charge on any atom is 0.333 e. The third kappa shape index (κ3) is 4.17. The van der Waals surface area contributed by atoms with Gasteiger partial charge < -0.3 is 14.7 Å². The number of anilines is 1. The molecule has 2 aliphatic rings. The maximum atomic E-state index is 13.5. The average Bonchev–Trinajstić information content (AvgIpc) is 3.46. The predicted octanol–water partition coefficient (Wildman–Crippen LogP) is 2.78. The van der Waals surface area contributed by atoms with E-state index in [1.54, 1.807) is 18.5 Å². The third-order valence-electron chi connectivity index (χ3n) is 5.30. The molecular formula is C20H17BrFN7O3. The van der Waals surface area contributed by atoms with Gasteiger partial charge in [0.2, 0.25) is 5.82 Å². The summed E-state index contributed by atoms with van der Waals surface area (Å²) < 4.78 is 20.2. The first-order valence-electron chi connectivity index (χ1n) is 9.93. The molecule has 3 aromatic rings. The number of carbonyl (C=O) groups is 1. The summed E-state index contributed by atoms with van der Waals surface area (Å²) >= 11 is 3.39. The number of piperidine rings is 1. The lowest BCUT2D eigenvalue weighted by Crippen LogP contribution is -2.38. The van der Waals surface area contributed by atoms with E-state index in [0.717, 1.165) is 36.2 Å². The number of nitrogens with zero attached hydrogens (tertiary/aromatic N) is 7. The average molecular weight is 502 g/mol. The smallest absolute Gasteiger partial charge is 0.333 e. The number of allylic oxidation sites excluding steroid dienone is 1. The molecule has 0 atom stereocenters. The number of hydrogen-bond acceptors (Lipinski definition) is 8. The molecule has 32 heavy (non-hydrogen) atoms. The van der Waals surface area contributed by atoms with Crippen LogP contribution in [0.2, 0.25) is 0 Å². The molecule has 1 aromatic carbocycles. The van der Waals surface area contributed by atoms with Crippen molar-refractivity contribution in [3.63, 3.8) is 0 Å². The predicted molar refractivity (Wildman–Crippen MR) is 114 cm³/mol. The molecule has 0 saturated carbocycles. The minimum Gasteiger partial charge on any atom is -0.489 e. The number of halogens is 2. The third-order valence-corrected chi connectivity index (χ3v) is 5.96. The second-order valence-electron chi connectivity index (χ2n) is 7.45. The molecule has 1 saturated heterocycles. The van der Waals surface area contributed by atoms with Crippen molar-refractivity contribution in [2.75, 3.05) is 18.0 Å². The summed E-state index contributed by atoms with van der Waals surface area (Å²) in [4.78, 5) is 23.1. The number of aromatic nitrogens is 6. The van der Waals surface area contributed by atoms with E-state index in [0.29, 0.717) is 23.6 Å². The van der Waals surface area contributed by atoms with Gasteiger partial charge in [-0.2, -0.15) is 0 Å². The summed E-state index contributed by atoms with van der Waals surface area (Å²) in [5.74, 6) is 0.207. The normalized spacial score (nSPS) is 16.4. The first-order valence-corrected chi connectivity index (χ1v) is 10.7. The highest BCUT2D eigenvalue weighted by Gasteiger charge is 2.32. The number of benzene rings is 1. The Morgan fingerprint density at radius 3 is 2.72 bits per heavy atom. The first-order chi connectivity index (χ1) is 15.5. The first kappa shape index (κ1) is 20.5. The van der Waals surface area contributed by atoms with Gasteiger partial charge in [0, 0.05) is 38.4 Å². The van der Waals surface area contributed by atoms with Gasteiger partial charge >= 0.3 is 5.97 Å². The minimum absolute atomic E-state index is 0.0109. The number of hydrogen-bond donors (Lipinski definition) is 1. The Hall–Kier alpha value is -3.41. The molecule has 10 nitrogen and oxygen atoms in total. The van der Waals surface area contributed by atoms with Crippen molar-refractivity contribution < 1.29 is 19.0 Å². The standard InChI is InChI=1S/C20H17BrFN7O3/c21-14-2-1-11(22)7-17(14)32-12-3-5-28(6-4-12)18-10-23-15(9-24-18)19-25-27-29(26-19)16-8-13(16)20(30)31/h1-2,7,9-10,12H,3-6,8H2,(H,30,31). The fourth-order valence-corrected chi connectivity index (χ4v) is 3.83. The second kappa shape index (κ2) is 8.26. The van der Waals surface area contributed by atoms with Gasteiger partial charge in [0.25, 0.3) is 0 Å². The zero-order valence-electron chi connectivity index (χ0n) is 16.6. The summed E-state index contributed by atoms with van der Waals surface area (Å²) in [6, 6.07) is 4.40. The molecule has 164 valence electrons. The van der Waals surface area contributed by atoms with Gasteiger partial charge in [-0.25, -0.2) is 19.2 Å². The van der Waals surface area contributed by atoms with Crippen LogP contribution in [0.25, 0.3) is 17.2 Å². The summed E-state index contributed by atoms with van der Waals surface area (Å²) in [5, 5.41) is 21.0. The van der Waals surface area contributed by atoms with Gasteiger partial charge in [0.05, 0.1) is 28.1 Å². The molecule has 0 bridgehead atoms. The highest BCUT2D eigenvalue weighted by atomic mass is 79.9. The second-order valence-corrected chi connectivity index (χ2v) is 8.30. The van der Waals surface area contributed by atoms with Crippen LogP contribution in [0.3, 0.4) is 0 Å². The largest absolute Gasteiger partial charge is 0.489 e. The van der Waals surface area contributed by atoms with Crippen molar-refractivity contribution in [1.82, 2.24) is 30.2 Å². The highest BCUT2D eigenvalue weighted by Crippen LogP contribution is 2.34. The van der Waals surface area contributed by atoms with E-state index in [9.17, 15) is 9.18 Å². The molecule has 5 rings (SSSR count). The van der Waals surface area contributed by atoms with Crippen LogP contribution in [-0.2, 0) is 4.79 Å². The fraction of sp³-hybridized carbons (Fsp3) is 0.300. The lowest BCUT2D eigenvalue weighted by atomic mass is 10.1. The van der Waals surface area contributed by atoms with Crippen molar-refractivity contribution in [1.29, 1.82) is 0 Å². The summed E-state index contributed by atoms with van der Waals surface area (Å²) in [6.07, 6.45) is 5.09. The molecule has 1 N–H and O–H groups in total. The molecule has 1 aliphatic carbocycles. The van der Waals surface area contributed by atoms with Crippen LogP contribution in [0.5, 0.6) is 5.75 Å². The van der Waals surface area contributed by atoms with Crippen LogP contribution in [-0.4, -0.2) is 60.4 Å². The molecule has 0 radical (unpaired) electrons. The molecule has 0 amide bonds. The van der Waals surface area contributed by atoms with Crippen LogP contribution in [0.15, 0.2) is 40.6 Å². The maximum absolute atomic E-state index is 13.5. The SMILES string of the molecule is O=C(O)C1=C(n2nnc(-c3cnc(N4CCC(Oc5cc(F)ccc5Br)CC4)cn3)n2)C1. The molecule has 2 aromatic heterocycles. The topological polar surface area (TPSA) is 119 Å². The highest BCUT2D eigenvalue weighted by molar-refractivity contribution is 9.10. The van der Waals surface area contributed by atoms with Gasteiger partial charge in [-0.05, 0) is 33.3 Å². The van der Waals surface area contributed by atoms with Crippen molar-refractivity contribution in [3.05, 3.63) is 46.5 Å². The fourth-order valence-electron chi connectivity index (χ4n) is 3.49. The van der Waals surface area contributed by atoms with Crippen LogP contribution >= 0.6 is 15.9 Å². The van der Waals surface area contributed by atoms with Gasteiger partial charge in [-0.15, -0.1) is 15.0 Å². The van der Waals surface area contributed by atoms with Crippen LogP contribution < -0.4 is 9.64 Å². The quantitative estimate of drug-likeness (QED) is 0.543. The molecule has 0 unspecified atom stereocenters. The summed E-state index contributed by atoms with van der Waals surface area (Å²) in [7, 11) is 0. The number of tetrazole rings is 1. The monoisotopic (exact) mass is 501 g/mol. The minimum atomic E-state index is -0.972. The van der Waals surface area contributed by atoms with Crippen molar-refractivity contribution in [2.24, 2.45) is 0 Å². The number of aliphatic carboxylic acids is 1. The van der Waals surface area contributed by atoms with Gasteiger partial charge in [-0.3, -0.25) is 0 Å². The Morgan fingerprint density at radius 2 is 2.03 bits per heavy atom. The van der Waals surface area contributed by atoms with E-state index < -0.39 is 5.97 Å². The number of ether oxygens (including phenoxy) is 1. The Balaban J connectivity index is 1.20. The molecule has 0 spiro atoms. The van der Waals surface area contributed by atoms with Crippen molar-refractivity contribution in [3.8, 4) is 17.3 Å². The molecule has 1 aliphatic heterocycles. The Labute approximate surface area is 189 Å². The summed E-state index contributed by atoms with van der Waals surface area (Å²) in [6.45, 7) is 1.46. The molecule has 3 heterocycles. The summed E-state index contributed by atoms with van der Waals surface area (Å²) in [5.41, 5.74) is 1.26. The Kier molecular flexibility index (Phi) is 5.29. The Bertz CT molecular complexity index is 1210. The van der Waals surface area contributed by atoms with Crippen LogP contribution in [0, 0.1) is 5.82 Å². The van der Waals surface area contributed by atoms with Gasteiger partial charge in [0.1, 0.15) is 29.2 Å². The van der Waals surface area contributed by atoms with Crippen molar-refractivity contribution >= 4 is 33.4 Å². The number of carboxylic acid groups (broad SMARTS) is 1. The van der Waals surface area contributed by atoms with E-state index in [-0.39, 0.29) is 23.3 Å². The van der Waals surface area contributed by atoms with E-state index in [4.69, 9.17) is 9.84 Å². The van der Waals surface area contributed by atoms with Gasteiger partial charge in [0.15, 0.2) is 0 Å². The number of rotatable bonds is 6. The molecule has 1 fully saturated rings. The van der Waals surface area contributed by atoms with Crippen LogP contribution in [0.1, 0.15) is 19.3 Å². The molecular weight excluding hydrogens is 485 g/mol. The zero-order valence-corrected chi connectivity index (χ0v) is 18.2. The van der Waals surface area contributed by atoms with E-state index in [2.05, 4.69) is 46.2 Å².